The fraction of sp³-hybridized carbons (Fsp3) is 0.345. The molecule has 6 aromatic rings. The number of hydrogen-bond donors (Lipinski definition) is 3. The molecule has 0 aliphatic rings. The number of carbonyl (C=O) groups excluding carboxylic acids is 2. The van der Waals surface area contributed by atoms with E-state index in [0.717, 1.165) is 65.1 Å². The normalized spacial score (nSPS) is 12.7. The maximum absolute atomic E-state index is 14.8. The number of carbonyl (C=O) groups is 2. The number of unbranched alkanes of at least 4 members (excludes halogenated alkanes) is 2. The maximum Gasteiger partial charge on any atom is 0.391 e. The first-order chi connectivity index (χ1) is 37.0. The lowest BCUT2D eigenvalue weighted by Crippen LogP contribution is -2.53. The van der Waals surface area contributed by atoms with Crippen LogP contribution in [0.15, 0.2) is 132 Å². The first-order valence-electron chi connectivity index (χ1n) is 25.6. The molecule has 19 heteroatoms. The van der Waals surface area contributed by atoms with Gasteiger partial charge in [-0.15, -0.1) is 0 Å². The number of aliphatic imine (C=N–C) groups is 3. The van der Waals surface area contributed by atoms with E-state index in [4.69, 9.17) is 23.7 Å². The number of aliphatic hydroxyl groups excluding tert-OH is 3. The van der Waals surface area contributed by atoms with Gasteiger partial charge in [0.25, 0.3) is 0 Å². The van der Waals surface area contributed by atoms with E-state index in [1.54, 1.807) is 39.0 Å². The largest absolute Gasteiger partial charge is 0.466 e. The number of methoxy groups -OCH3 is 1. The highest BCUT2D eigenvalue weighted by Crippen LogP contribution is 2.27. The van der Waals surface area contributed by atoms with Crippen molar-refractivity contribution < 1.29 is 48.6 Å². The number of aryl methyl sites for hydroxylation is 3. The molecule has 0 spiro atoms. The molecular weight excluding hydrogens is 989 g/mol. The van der Waals surface area contributed by atoms with Crippen LogP contribution in [0.3, 0.4) is 0 Å². The van der Waals surface area contributed by atoms with Crippen LogP contribution in [0.4, 0.5) is 17.1 Å². The van der Waals surface area contributed by atoms with Crippen LogP contribution in [0.1, 0.15) is 116 Å². The molecule has 2 atom stereocenters. The van der Waals surface area contributed by atoms with Gasteiger partial charge in [0.05, 0.1) is 65.6 Å². The number of hydrogen-bond acceptors (Lipinski definition) is 13. The molecule has 406 valence electrons. The summed E-state index contributed by atoms with van der Waals surface area (Å²) < 4.78 is 29.3. The van der Waals surface area contributed by atoms with Crippen LogP contribution in [0, 0.1) is 32.6 Å². The van der Waals surface area contributed by atoms with Gasteiger partial charge in [-0.2, -0.15) is 15.0 Å². The molecule has 0 fully saturated rings. The third-order valence-electron chi connectivity index (χ3n) is 12.9. The number of esters is 2. The van der Waals surface area contributed by atoms with Crippen molar-refractivity contribution in [1.29, 1.82) is 0 Å². The molecule has 0 saturated carbocycles. The third kappa shape index (κ3) is 15.0. The molecule has 0 saturated heterocycles. The van der Waals surface area contributed by atoms with Gasteiger partial charge in [-0.3, -0.25) is 0 Å². The van der Waals surface area contributed by atoms with E-state index in [9.17, 15) is 39.3 Å². The minimum atomic E-state index is -1.12. The monoisotopic (exact) mass is 1050 g/mol. The molecule has 1 heterocycles. The summed E-state index contributed by atoms with van der Waals surface area (Å²) in [4.78, 5) is 82.4. The Morgan fingerprint density at radius 3 is 1.34 bits per heavy atom. The van der Waals surface area contributed by atoms with E-state index in [1.807, 2.05) is 0 Å². The maximum atomic E-state index is 14.8. The number of benzene rings is 5. The summed E-state index contributed by atoms with van der Waals surface area (Å²) in [6, 6.07) is 25.0. The Bertz CT molecular complexity index is 3140. The molecule has 19 nitrogen and oxygen atoms in total. The summed E-state index contributed by atoms with van der Waals surface area (Å²) in [7, 11) is 1.20. The summed E-state index contributed by atoms with van der Waals surface area (Å²) in [5, 5.41) is 32.0. The number of ether oxygens (including phenoxy) is 5. The average molecular weight is 1060 g/mol. The molecule has 3 N–H and O–H groups in total. The van der Waals surface area contributed by atoms with Gasteiger partial charge in [-0.05, 0) is 147 Å². The Labute approximate surface area is 446 Å². The van der Waals surface area contributed by atoms with Gasteiger partial charge in [0.2, 0.25) is 0 Å². The standard InChI is InChI=1S/C58H66N6O13/c1-9-13-15-39(11-3)34-74-51(65)41-20-27-46(28-21-41)76-54(68)60-48-32-44(25-18-36(48)5)62-56(70)63(58(72)64(57(62)71)50-31-43(24-17-38(50)7)59-53(67)73-8)45-26-19-37(6)49(33-45)61-55(69)77-47-29-22-42(23-30-47)52(66)75-35-40(12-4)16-14-10-2/h17-33,39-40H,9-16,34-35H2,1-8H3,(H,59,67)(H,60,68)(H,61,69). The molecular formula is C58H66N6O13. The van der Waals surface area contributed by atoms with Crippen LogP contribution >= 0.6 is 0 Å². The van der Waals surface area contributed by atoms with Crippen molar-refractivity contribution in [2.75, 3.05) is 20.3 Å². The van der Waals surface area contributed by atoms with Crippen LogP contribution < -0.4 is 26.5 Å². The van der Waals surface area contributed by atoms with Gasteiger partial charge in [-0.1, -0.05) is 84.4 Å². The lowest BCUT2D eigenvalue weighted by molar-refractivity contribution is 0.0419. The predicted octanol–water partition coefficient (Wildman–Crippen LogP) is 11.3. The van der Waals surface area contributed by atoms with Crippen molar-refractivity contribution in [3.63, 3.8) is 0 Å². The van der Waals surface area contributed by atoms with Crippen molar-refractivity contribution >= 4 is 47.3 Å². The minimum absolute atomic E-state index is 0.00623. The molecule has 0 radical (unpaired) electrons. The van der Waals surface area contributed by atoms with Crippen molar-refractivity contribution in [2.24, 2.45) is 26.8 Å². The molecule has 0 amide bonds. The van der Waals surface area contributed by atoms with E-state index in [1.165, 1.54) is 92.0 Å². The van der Waals surface area contributed by atoms with Gasteiger partial charge in [0.1, 0.15) is 11.5 Å². The van der Waals surface area contributed by atoms with Crippen LogP contribution in [0.5, 0.6) is 11.5 Å². The number of aliphatic hydroxyl groups is 3. The second-order valence-corrected chi connectivity index (χ2v) is 18.4. The van der Waals surface area contributed by atoms with E-state index in [0.29, 0.717) is 41.0 Å². The Kier molecular flexibility index (Phi) is 20.3. The quantitative estimate of drug-likeness (QED) is 0.0326. The van der Waals surface area contributed by atoms with Crippen molar-refractivity contribution in [3.05, 3.63) is 162 Å². The molecule has 2 unspecified atom stereocenters. The second-order valence-electron chi connectivity index (χ2n) is 18.4. The Hall–Kier alpha value is -8.74. The zero-order valence-electron chi connectivity index (χ0n) is 44.6. The van der Waals surface area contributed by atoms with Gasteiger partial charge >= 0.3 is 47.3 Å². The molecule has 5 aromatic carbocycles. The summed E-state index contributed by atoms with van der Waals surface area (Å²) in [5.74, 6) is -0.152. The van der Waals surface area contributed by atoms with Crippen LogP contribution in [0.2, 0.25) is 0 Å². The van der Waals surface area contributed by atoms with Gasteiger partial charge < -0.3 is 39.0 Å². The highest BCUT2D eigenvalue weighted by atomic mass is 16.6. The molecule has 0 bridgehead atoms. The zero-order chi connectivity index (χ0) is 55.8. The predicted molar refractivity (Wildman–Crippen MR) is 295 cm³/mol. The Balaban J connectivity index is 1.35. The van der Waals surface area contributed by atoms with Crippen molar-refractivity contribution in [2.45, 2.75) is 99.8 Å². The summed E-state index contributed by atoms with van der Waals surface area (Å²) in [5.41, 5.74) is -1.25. The smallest absolute Gasteiger partial charge is 0.391 e. The molecule has 77 heavy (non-hydrogen) atoms. The minimum Gasteiger partial charge on any atom is -0.466 e. The summed E-state index contributed by atoms with van der Waals surface area (Å²) in [6.45, 7) is 13.9. The second kappa shape index (κ2) is 27.2. The fourth-order valence-corrected chi connectivity index (χ4v) is 8.10. The Morgan fingerprint density at radius 2 is 0.935 bits per heavy atom. The van der Waals surface area contributed by atoms with Crippen molar-refractivity contribution in [1.82, 2.24) is 13.7 Å². The van der Waals surface area contributed by atoms with Crippen LogP contribution in [-0.4, -0.2) is 79.5 Å². The molecule has 6 rings (SSSR count). The SMILES string of the molecule is CCCCC(CC)COC(=O)c1ccc(OC(O)=Nc2cc(-n3c(=O)n(-c4ccc(C)c(N=C(O)Oc5ccc(C(=O)OCC(CC)CCCC)cc5)c4)c(=O)n(-c4cc(N=C(O)OC)ccc4C)c3=O)ccc2C)cc1. The first kappa shape index (κ1) is 57.5. The zero-order valence-corrected chi connectivity index (χ0v) is 44.6. The van der Waals surface area contributed by atoms with Crippen molar-refractivity contribution in [3.8, 4) is 28.6 Å². The van der Waals surface area contributed by atoms with Crippen LogP contribution in [-0.2, 0) is 14.2 Å². The highest BCUT2D eigenvalue weighted by molar-refractivity contribution is 5.90. The summed E-state index contributed by atoms with van der Waals surface area (Å²) in [6.07, 6.45) is 5.63. The fourth-order valence-electron chi connectivity index (χ4n) is 8.10. The van der Waals surface area contributed by atoms with E-state index < -0.39 is 47.3 Å². The van der Waals surface area contributed by atoms with E-state index in [-0.39, 0.29) is 57.5 Å². The van der Waals surface area contributed by atoms with E-state index in [2.05, 4.69) is 42.7 Å². The number of aromatic nitrogens is 3. The van der Waals surface area contributed by atoms with E-state index >= 15 is 0 Å². The topological polar surface area (TPSA) is 244 Å². The Morgan fingerprint density at radius 1 is 0.519 bits per heavy atom. The lowest BCUT2D eigenvalue weighted by Gasteiger charge is -2.17. The van der Waals surface area contributed by atoms with Gasteiger partial charge in [0.15, 0.2) is 0 Å². The average Bonchev–Trinajstić information content (AvgIpc) is 3.47. The van der Waals surface area contributed by atoms with Crippen LogP contribution in [0.25, 0.3) is 17.1 Å². The third-order valence-corrected chi connectivity index (χ3v) is 12.9. The number of rotatable bonds is 22. The highest BCUT2D eigenvalue weighted by Gasteiger charge is 2.23. The van der Waals surface area contributed by atoms with Gasteiger partial charge in [-0.25, -0.2) is 37.7 Å². The molecule has 1 aromatic heterocycles. The first-order valence-corrected chi connectivity index (χ1v) is 25.6. The molecule has 0 aliphatic carbocycles. The number of nitrogens with zero attached hydrogens (tertiary/aromatic N) is 6. The molecule has 0 aliphatic heterocycles. The van der Waals surface area contributed by atoms with Gasteiger partial charge in [0, 0.05) is 0 Å². The lowest BCUT2D eigenvalue weighted by atomic mass is 10.0. The summed E-state index contributed by atoms with van der Waals surface area (Å²) >= 11 is 0.